The molecule has 1 aromatic rings. The molecule has 1 saturated heterocycles. The summed E-state index contributed by atoms with van der Waals surface area (Å²) in [7, 11) is 0. The third-order valence-corrected chi connectivity index (χ3v) is 3.69. The number of hydrogen-bond acceptors (Lipinski definition) is 4. The van der Waals surface area contributed by atoms with Crippen LogP contribution in [0.15, 0.2) is 23.1 Å². The van der Waals surface area contributed by atoms with Crippen molar-refractivity contribution in [3.63, 3.8) is 0 Å². The number of carboxylic acids is 1. The molecular weight excluding hydrogens is 216 g/mol. The van der Waals surface area contributed by atoms with Crippen molar-refractivity contribution in [3.8, 4) is 0 Å². The predicted molar refractivity (Wildman–Crippen MR) is 56.0 cm³/mol. The lowest BCUT2D eigenvalue weighted by atomic mass is 10.00. The second-order valence-corrected chi connectivity index (χ2v) is 4.52. The summed E-state index contributed by atoms with van der Waals surface area (Å²) in [6.45, 7) is 0. The molecule has 1 aliphatic heterocycles. The van der Waals surface area contributed by atoms with Gasteiger partial charge < -0.3 is 5.11 Å². The molecule has 1 N–H and O–H groups in total. The molecule has 6 heteroatoms. The Bertz CT molecular complexity index is 437. The first kappa shape index (κ1) is 10.2. The number of carbonyl (C=O) groups is 1. The Morgan fingerprint density at radius 3 is 3.00 bits per heavy atom. The van der Waals surface area contributed by atoms with Gasteiger partial charge in [0.1, 0.15) is 0 Å². The van der Waals surface area contributed by atoms with E-state index >= 15 is 0 Å². The lowest BCUT2D eigenvalue weighted by molar-refractivity contribution is -0.146. The topological polar surface area (TPSA) is 72.2 Å². The van der Waals surface area contributed by atoms with Crippen molar-refractivity contribution in [3.05, 3.63) is 28.7 Å². The van der Waals surface area contributed by atoms with E-state index in [4.69, 9.17) is 0 Å². The zero-order valence-electron chi connectivity index (χ0n) is 7.92. The van der Waals surface area contributed by atoms with E-state index in [1.165, 1.54) is 30.1 Å². The summed E-state index contributed by atoms with van der Waals surface area (Å²) in [5.74, 6) is 0.169. The van der Waals surface area contributed by atoms with E-state index in [0.717, 1.165) is 10.4 Å². The Hall–Kier alpha value is -1.30. The summed E-state index contributed by atoms with van der Waals surface area (Å²) in [5.41, 5.74) is -1.51. The number of nitrogens with zero attached hydrogens (tertiary/aromatic N) is 2. The van der Waals surface area contributed by atoms with Crippen LogP contribution in [0.2, 0.25) is 0 Å². The van der Waals surface area contributed by atoms with Crippen LogP contribution in [0.4, 0.5) is 0 Å². The van der Waals surface area contributed by atoms with Gasteiger partial charge in [-0.3, -0.25) is 4.79 Å². The number of rotatable bonds is 2. The van der Waals surface area contributed by atoms with E-state index in [1.54, 1.807) is 0 Å². The van der Waals surface area contributed by atoms with Gasteiger partial charge in [-0.25, -0.2) is 9.48 Å². The van der Waals surface area contributed by atoms with Gasteiger partial charge in [0.15, 0.2) is 5.54 Å². The van der Waals surface area contributed by atoms with E-state index < -0.39 is 11.5 Å². The molecule has 5 nitrogen and oxygen atoms in total. The molecule has 1 fully saturated rings. The molecule has 0 saturated carbocycles. The molecule has 0 bridgehead atoms. The normalized spacial score (nSPS) is 25.3. The summed E-state index contributed by atoms with van der Waals surface area (Å²) < 4.78 is 1.09. The highest BCUT2D eigenvalue weighted by Crippen LogP contribution is 2.33. The molecule has 0 aliphatic carbocycles. The Morgan fingerprint density at radius 2 is 2.47 bits per heavy atom. The monoisotopic (exact) mass is 226 g/mol. The van der Waals surface area contributed by atoms with Gasteiger partial charge in [-0.05, 0) is 18.2 Å². The fourth-order valence-corrected chi connectivity index (χ4v) is 3.01. The number of carboxylic acid groups (broad SMARTS) is 1. The average Bonchev–Trinajstić information content (AvgIpc) is 2.68. The van der Waals surface area contributed by atoms with Crippen molar-refractivity contribution < 1.29 is 9.90 Å². The average molecular weight is 226 g/mol. The summed E-state index contributed by atoms with van der Waals surface area (Å²) in [6.07, 6.45) is 1.89. The van der Waals surface area contributed by atoms with Gasteiger partial charge >= 0.3 is 5.97 Å². The zero-order chi connectivity index (χ0) is 10.9. The lowest BCUT2D eigenvalue weighted by Gasteiger charge is -2.23. The summed E-state index contributed by atoms with van der Waals surface area (Å²) in [5, 5.41) is 13.1. The third-order valence-electron chi connectivity index (χ3n) is 2.52. The Balaban J connectivity index is 2.55. The van der Waals surface area contributed by atoms with Gasteiger partial charge in [-0.2, -0.15) is 16.9 Å². The fraction of sp³-hybridized carbons (Fsp3) is 0.444. The number of aromatic nitrogens is 2. The third kappa shape index (κ3) is 1.54. The zero-order valence-corrected chi connectivity index (χ0v) is 8.74. The highest BCUT2D eigenvalue weighted by atomic mass is 32.2. The van der Waals surface area contributed by atoms with Gasteiger partial charge in [0.2, 0.25) is 0 Å². The first-order chi connectivity index (χ1) is 7.17. The molecule has 0 radical (unpaired) electrons. The summed E-state index contributed by atoms with van der Waals surface area (Å²) >= 11 is 1.53. The Morgan fingerprint density at radius 1 is 1.67 bits per heavy atom. The number of thioether (sulfide) groups is 1. The summed E-state index contributed by atoms with van der Waals surface area (Å²) in [4.78, 5) is 22.8. The quantitative estimate of drug-likeness (QED) is 0.777. The molecular formula is C9H10N2O3S. The second kappa shape index (κ2) is 3.69. The van der Waals surface area contributed by atoms with Crippen molar-refractivity contribution >= 4 is 17.7 Å². The van der Waals surface area contributed by atoms with E-state index in [2.05, 4.69) is 5.10 Å². The van der Waals surface area contributed by atoms with Crippen molar-refractivity contribution in [2.45, 2.75) is 12.0 Å². The molecule has 0 spiro atoms. The van der Waals surface area contributed by atoms with Gasteiger partial charge in [-0.1, -0.05) is 0 Å². The van der Waals surface area contributed by atoms with E-state index in [0.29, 0.717) is 12.2 Å². The first-order valence-corrected chi connectivity index (χ1v) is 5.68. The van der Waals surface area contributed by atoms with Crippen LogP contribution >= 0.6 is 11.8 Å². The Labute approximate surface area is 90.1 Å². The highest BCUT2D eigenvalue weighted by Gasteiger charge is 2.45. The van der Waals surface area contributed by atoms with Gasteiger partial charge in [-0.15, -0.1) is 0 Å². The maximum Gasteiger partial charge on any atom is 0.332 e. The molecule has 0 aromatic carbocycles. The second-order valence-electron chi connectivity index (χ2n) is 3.41. The van der Waals surface area contributed by atoms with Crippen LogP contribution in [0.25, 0.3) is 0 Å². The van der Waals surface area contributed by atoms with Crippen molar-refractivity contribution in [2.24, 2.45) is 0 Å². The smallest absolute Gasteiger partial charge is 0.332 e. The van der Waals surface area contributed by atoms with Crippen LogP contribution in [0, 0.1) is 0 Å². The van der Waals surface area contributed by atoms with E-state index in [-0.39, 0.29) is 5.56 Å². The Kier molecular flexibility index (Phi) is 2.52. The molecule has 1 unspecified atom stereocenters. The van der Waals surface area contributed by atoms with Gasteiger partial charge in [0.25, 0.3) is 5.56 Å². The van der Waals surface area contributed by atoms with Crippen LogP contribution in [-0.2, 0) is 10.3 Å². The van der Waals surface area contributed by atoms with Crippen LogP contribution in [-0.4, -0.2) is 32.4 Å². The highest BCUT2D eigenvalue weighted by molar-refractivity contribution is 7.99. The first-order valence-electron chi connectivity index (χ1n) is 4.53. The SMILES string of the molecule is O=C(O)C1(n2ncccc2=O)CCSC1. The minimum Gasteiger partial charge on any atom is -0.479 e. The molecule has 15 heavy (non-hydrogen) atoms. The van der Waals surface area contributed by atoms with Crippen LogP contribution in [0.3, 0.4) is 0 Å². The number of aliphatic carboxylic acids is 1. The molecule has 80 valence electrons. The molecule has 1 aliphatic rings. The van der Waals surface area contributed by atoms with E-state index in [1.807, 2.05) is 0 Å². The maximum atomic E-state index is 11.5. The standard InChI is InChI=1S/C9H10N2O3S/c12-7-2-1-4-10-11(7)9(8(13)14)3-5-15-6-9/h1-2,4H,3,5-6H2,(H,13,14). The predicted octanol–water partition coefficient (Wildman–Crippen LogP) is 0.160. The fourth-order valence-electron chi connectivity index (χ4n) is 1.66. The molecule has 0 amide bonds. The summed E-state index contributed by atoms with van der Waals surface area (Å²) in [6, 6.07) is 2.84. The van der Waals surface area contributed by atoms with Crippen molar-refractivity contribution in [1.29, 1.82) is 0 Å². The van der Waals surface area contributed by atoms with Crippen LogP contribution in [0.5, 0.6) is 0 Å². The molecule has 1 aromatic heterocycles. The molecule has 2 heterocycles. The van der Waals surface area contributed by atoms with Crippen molar-refractivity contribution in [1.82, 2.24) is 9.78 Å². The van der Waals surface area contributed by atoms with Crippen LogP contribution in [0.1, 0.15) is 6.42 Å². The van der Waals surface area contributed by atoms with Crippen LogP contribution < -0.4 is 5.56 Å². The van der Waals surface area contributed by atoms with Gasteiger partial charge in [0.05, 0.1) is 0 Å². The maximum absolute atomic E-state index is 11.5. The minimum absolute atomic E-state index is 0.359. The largest absolute Gasteiger partial charge is 0.479 e. The molecule has 1 atom stereocenters. The number of hydrogen-bond donors (Lipinski definition) is 1. The van der Waals surface area contributed by atoms with Crippen molar-refractivity contribution in [2.75, 3.05) is 11.5 Å². The molecule has 2 rings (SSSR count). The van der Waals surface area contributed by atoms with Gasteiger partial charge in [0, 0.05) is 18.0 Å². The van der Waals surface area contributed by atoms with E-state index in [9.17, 15) is 14.7 Å². The lowest BCUT2D eigenvalue weighted by Crippen LogP contribution is -2.48. The minimum atomic E-state index is -1.15.